The van der Waals surface area contributed by atoms with Crippen molar-refractivity contribution in [2.24, 2.45) is 5.92 Å². The van der Waals surface area contributed by atoms with Gasteiger partial charge in [-0.3, -0.25) is 4.79 Å². The number of hydrogen-bond donors (Lipinski definition) is 2. The van der Waals surface area contributed by atoms with E-state index in [1.807, 2.05) is 11.8 Å². The van der Waals surface area contributed by atoms with Crippen molar-refractivity contribution in [2.75, 3.05) is 6.54 Å². The highest BCUT2D eigenvalue weighted by molar-refractivity contribution is 8.00. The summed E-state index contributed by atoms with van der Waals surface area (Å²) in [6, 6.07) is 11.2. The number of aliphatic carboxylic acids is 1. The third-order valence-electron chi connectivity index (χ3n) is 5.38. The van der Waals surface area contributed by atoms with Gasteiger partial charge in [-0.25, -0.2) is 0 Å². The molecule has 0 unspecified atom stereocenters. The van der Waals surface area contributed by atoms with Crippen LogP contribution in [-0.4, -0.2) is 28.4 Å². The SMILES string of the molecule is O=C(O)C1CCC(NCC2(Sc3ccccc3)CCCC2)CC1. The molecule has 0 bridgehead atoms. The van der Waals surface area contributed by atoms with Gasteiger partial charge in [-0.1, -0.05) is 31.0 Å². The maximum atomic E-state index is 11.1. The molecule has 1 aromatic rings. The predicted molar refractivity (Wildman–Crippen MR) is 94.9 cm³/mol. The third kappa shape index (κ3) is 4.51. The monoisotopic (exact) mass is 333 g/mol. The van der Waals surface area contributed by atoms with Crippen LogP contribution in [0.4, 0.5) is 0 Å². The number of thioether (sulfide) groups is 1. The van der Waals surface area contributed by atoms with Crippen molar-refractivity contribution in [3.63, 3.8) is 0 Å². The first-order chi connectivity index (χ1) is 11.2. The quantitative estimate of drug-likeness (QED) is 0.814. The number of rotatable bonds is 6. The van der Waals surface area contributed by atoms with Gasteiger partial charge in [0.1, 0.15) is 0 Å². The maximum absolute atomic E-state index is 11.1. The van der Waals surface area contributed by atoms with Crippen LogP contribution in [-0.2, 0) is 4.79 Å². The number of carboxylic acid groups (broad SMARTS) is 1. The minimum Gasteiger partial charge on any atom is -0.481 e. The van der Waals surface area contributed by atoms with E-state index >= 15 is 0 Å². The fraction of sp³-hybridized carbons (Fsp3) is 0.632. The Kier molecular flexibility index (Phi) is 5.65. The van der Waals surface area contributed by atoms with E-state index in [1.54, 1.807) is 0 Å². The van der Waals surface area contributed by atoms with Gasteiger partial charge in [0.15, 0.2) is 0 Å². The zero-order chi connectivity index (χ0) is 16.1. The normalized spacial score (nSPS) is 27.0. The Hall–Kier alpha value is -1.00. The number of hydrogen-bond acceptors (Lipinski definition) is 3. The highest BCUT2D eigenvalue weighted by Gasteiger charge is 2.36. The zero-order valence-electron chi connectivity index (χ0n) is 13.7. The standard InChI is InChI=1S/C19H27NO2S/c21-18(22)15-8-10-16(11-9-15)20-14-19(12-4-5-13-19)23-17-6-2-1-3-7-17/h1-3,6-7,15-16,20H,4-5,8-14H2,(H,21,22). The van der Waals surface area contributed by atoms with Crippen LogP contribution in [0.1, 0.15) is 51.4 Å². The van der Waals surface area contributed by atoms with Crippen molar-refractivity contribution in [3.8, 4) is 0 Å². The molecular formula is C19H27NO2S. The highest BCUT2D eigenvalue weighted by atomic mass is 32.2. The lowest BCUT2D eigenvalue weighted by atomic mass is 9.86. The summed E-state index contributed by atoms with van der Waals surface area (Å²) < 4.78 is 0.324. The molecule has 0 atom stereocenters. The Balaban J connectivity index is 1.53. The molecule has 2 N–H and O–H groups in total. The van der Waals surface area contributed by atoms with Gasteiger partial charge in [0, 0.05) is 22.2 Å². The minimum absolute atomic E-state index is 0.118. The van der Waals surface area contributed by atoms with Crippen LogP contribution in [0.5, 0.6) is 0 Å². The van der Waals surface area contributed by atoms with E-state index in [2.05, 4.69) is 35.6 Å². The van der Waals surface area contributed by atoms with E-state index in [4.69, 9.17) is 5.11 Å². The second-order valence-corrected chi connectivity index (χ2v) is 8.61. The molecule has 2 aliphatic carbocycles. The molecule has 0 aromatic heterocycles. The Morgan fingerprint density at radius 2 is 1.78 bits per heavy atom. The molecule has 126 valence electrons. The Labute approximate surface area is 143 Å². The van der Waals surface area contributed by atoms with Crippen LogP contribution in [0.25, 0.3) is 0 Å². The molecule has 1 aromatic carbocycles. The lowest BCUT2D eigenvalue weighted by molar-refractivity contribution is -0.142. The predicted octanol–water partition coefficient (Wildman–Crippen LogP) is 4.32. The minimum atomic E-state index is -0.615. The number of carbonyl (C=O) groups is 1. The van der Waals surface area contributed by atoms with Crippen LogP contribution in [0.3, 0.4) is 0 Å². The molecule has 4 heteroatoms. The maximum Gasteiger partial charge on any atom is 0.306 e. The first-order valence-corrected chi connectivity index (χ1v) is 9.69. The summed E-state index contributed by atoms with van der Waals surface area (Å²) in [6.45, 7) is 1.05. The molecular weight excluding hydrogens is 306 g/mol. The van der Waals surface area contributed by atoms with Gasteiger partial charge in [-0.15, -0.1) is 11.8 Å². The number of carboxylic acids is 1. The summed E-state index contributed by atoms with van der Waals surface area (Å²) in [6.07, 6.45) is 8.87. The molecule has 23 heavy (non-hydrogen) atoms. The molecule has 0 saturated heterocycles. The highest BCUT2D eigenvalue weighted by Crippen LogP contribution is 2.45. The summed E-state index contributed by atoms with van der Waals surface area (Å²) >= 11 is 2.04. The number of benzene rings is 1. The topological polar surface area (TPSA) is 49.3 Å². The molecule has 0 aliphatic heterocycles. The van der Waals surface area contributed by atoms with Crippen LogP contribution < -0.4 is 5.32 Å². The van der Waals surface area contributed by atoms with E-state index in [1.165, 1.54) is 30.6 Å². The smallest absolute Gasteiger partial charge is 0.306 e. The molecule has 2 fully saturated rings. The van der Waals surface area contributed by atoms with Gasteiger partial charge in [0.2, 0.25) is 0 Å². The van der Waals surface area contributed by atoms with Crippen molar-refractivity contribution < 1.29 is 9.90 Å². The van der Waals surface area contributed by atoms with E-state index < -0.39 is 5.97 Å². The molecule has 0 radical (unpaired) electrons. The molecule has 3 nitrogen and oxygen atoms in total. The van der Waals surface area contributed by atoms with Gasteiger partial charge in [-0.2, -0.15) is 0 Å². The van der Waals surface area contributed by atoms with Crippen LogP contribution in [0.15, 0.2) is 35.2 Å². The van der Waals surface area contributed by atoms with Crippen LogP contribution in [0, 0.1) is 5.92 Å². The van der Waals surface area contributed by atoms with E-state index in [0.717, 1.165) is 32.2 Å². The summed E-state index contributed by atoms with van der Waals surface area (Å²) in [5.41, 5.74) is 0. The van der Waals surface area contributed by atoms with Crippen molar-refractivity contribution >= 4 is 17.7 Å². The molecule has 2 aliphatic rings. The van der Waals surface area contributed by atoms with Crippen molar-refractivity contribution in [1.29, 1.82) is 0 Å². The fourth-order valence-corrected chi connectivity index (χ4v) is 5.39. The van der Waals surface area contributed by atoms with Crippen LogP contribution in [0.2, 0.25) is 0 Å². The van der Waals surface area contributed by atoms with Gasteiger partial charge >= 0.3 is 5.97 Å². The van der Waals surface area contributed by atoms with Crippen molar-refractivity contribution in [3.05, 3.63) is 30.3 Å². The second-order valence-electron chi connectivity index (χ2n) is 7.07. The van der Waals surface area contributed by atoms with Gasteiger partial charge in [0.25, 0.3) is 0 Å². The van der Waals surface area contributed by atoms with Gasteiger partial charge in [0.05, 0.1) is 5.92 Å². The van der Waals surface area contributed by atoms with E-state index in [9.17, 15) is 4.79 Å². The first-order valence-electron chi connectivity index (χ1n) is 8.87. The molecule has 0 amide bonds. The largest absolute Gasteiger partial charge is 0.481 e. The average Bonchev–Trinajstić information content (AvgIpc) is 3.03. The van der Waals surface area contributed by atoms with E-state index in [0.29, 0.717) is 10.8 Å². The molecule has 2 saturated carbocycles. The van der Waals surface area contributed by atoms with E-state index in [-0.39, 0.29) is 5.92 Å². The Morgan fingerprint density at radius 1 is 1.13 bits per heavy atom. The van der Waals surface area contributed by atoms with Crippen molar-refractivity contribution in [2.45, 2.75) is 67.1 Å². The second kappa shape index (κ2) is 7.71. The number of nitrogens with one attached hydrogen (secondary N) is 1. The zero-order valence-corrected chi connectivity index (χ0v) is 14.5. The Bertz CT molecular complexity index is 505. The summed E-state index contributed by atoms with van der Waals surface area (Å²) in [5, 5.41) is 12.9. The average molecular weight is 333 g/mol. The lowest BCUT2D eigenvalue weighted by Crippen LogP contribution is -2.42. The summed E-state index contributed by atoms with van der Waals surface area (Å²) in [5.74, 6) is -0.734. The van der Waals surface area contributed by atoms with Crippen LogP contribution >= 0.6 is 11.8 Å². The fourth-order valence-electron chi connectivity index (χ4n) is 3.95. The van der Waals surface area contributed by atoms with Crippen molar-refractivity contribution in [1.82, 2.24) is 5.32 Å². The Morgan fingerprint density at radius 3 is 2.39 bits per heavy atom. The molecule has 0 heterocycles. The molecule has 0 spiro atoms. The van der Waals surface area contributed by atoms with Gasteiger partial charge < -0.3 is 10.4 Å². The third-order valence-corrected chi connectivity index (χ3v) is 6.88. The van der Waals surface area contributed by atoms with Gasteiger partial charge in [-0.05, 0) is 50.7 Å². The summed E-state index contributed by atoms with van der Waals surface area (Å²) in [4.78, 5) is 12.4. The summed E-state index contributed by atoms with van der Waals surface area (Å²) in [7, 11) is 0. The first kappa shape index (κ1) is 16.8. The molecule has 3 rings (SSSR count). The lowest BCUT2D eigenvalue weighted by Gasteiger charge is -2.33.